The Morgan fingerprint density at radius 1 is 1.13 bits per heavy atom. The Morgan fingerprint density at radius 3 is 2.20 bits per heavy atom. The molecule has 6 nitrogen and oxygen atoms in total. The first-order chi connectivity index (χ1) is 6.93. The van der Waals surface area contributed by atoms with Gasteiger partial charge in [0.05, 0.1) is 0 Å². The highest BCUT2D eigenvalue weighted by atomic mass is 16.4. The van der Waals surface area contributed by atoms with Crippen LogP contribution in [0, 0.1) is 0 Å². The van der Waals surface area contributed by atoms with Crippen LogP contribution in [0.4, 0.5) is 0 Å². The van der Waals surface area contributed by atoms with Gasteiger partial charge in [-0.2, -0.15) is 0 Å². The van der Waals surface area contributed by atoms with E-state index in [1.807, 2.05) is 0 Å². The third-order valence-electron chi connectivity index (χ3n) is 1.89. The number of rotatable bonds is 3. The molecule has 1 rings (SSSR count). The minimum Gasteiger partial charge on any atom is -0.504 e. The van der Waals surface area contributed by atoms with Crippen molar-refractivity contribution in [3.8, 4) is 11.5 Å². The number of phenolic OH excluding ortho intramolecular Hbond substituents is 2. The van der Waals surface area contributed by atoms with Crippen molar-refractivity contribution in [3.05, 3.63) is 23.8 Å². The molecule has 0 radical (unpaired) electrons. The summed E-state index contributed by atoms with van der Waals surface area (Å²) in [6.45, 7) is 0. The fourth-order valence-electron chi connectivity index (χ4n) is 1.04. The lowest BCUT2D eigenvalue weighted by atomic mass is 10.0. The van der Waals surface area contributed by atoms with Gasteiger partial charge in [0.25, 0.3) is 0 Å². The van der Waals surface area contributed by atoms with Crippen molar-refractivity contribution in [2.24, 2.45) is 0 Å². The van der Waals surface area contributed by atoms with Crippen LogP contribution >= 0.6 is 0 Å². The molecule has 0 fully saturated rings. The van der Waals surface area contributed by atoms with Crippen molar-refractivity contribution in [1.29, 1.82) is 0 Å². The maximum atomic E-state index is 10.3. The smallest absolute Gasteiger partial charge is 0.335 e. The van der Waals surface area contributed by atoms with E-state index in [1.165, 1.54) is 6.07 Å². The number of carboxylic acids is 1. The van der Waals surface area contributed by atoms with Crippen LogP contribution in [0.1, 0.15) is 11.7 Å². The van der Waals surface area contributed by atoms with Crippen LogP contribution in [0.25, 0.3) is 0 Å². The summed E-state index contributed by atoms with van der Waals surface area (Å²) in [5.74, 6) is -2.46. The summed E-state index contributed by atoms with van der Waals surface area (Å²) in [7, 11) is 0. The van der Waals surface area contributed by atoms with Crippen LogP contribution in [0.15, 0.2) is 18.2 Å². The molecule has 0 saturated heterocycles. The Hall–Kier alpha value is -1.79. The Balaban J connectivity index is 2.96. The van der Waals surface area contributed by atoms with E-state index in [0.29, 0.717) is 0 Å². The largest absolute Gasteiger partial charge is 0.504 e. The molecular formula is C9H10O6. The van der Waals surface area contributed by atoms with Crippen molar-refractivity contribution in [2.75, 3.05) is 0 Å². The monoisotopic (exact) mass is 214 g/mol. The molecule has 1 aromatic carbocycles. The average Bonchev–Trinajstić information content (AvgIpc) is 2.19. The Kier molecular flexibility index (Phi) is 3.13. The maximum Gasteiger partial charge on any atom is 0.335 e. The number of hydrogen-bond donors (Lipinski definition) is 5. The second-order valence-electron chi connectivity index (χ2n) is 2.98. The molecule has 0 saturated carbocycles. The molecule has 0 amide bonds. The molecule has 5 N–H and O–H groups in total. The first-order valence-corrected chi connectivity index (χ1v) is 4.04. The lowest BCUT2D eigenvalue weighted by Gasteiger charge is -2.14. The van der Waals surface area contributed by atoms with E-state index in [0.717, 1.165) is 12.1 Å². The third-order valence-corrected chi connectivity index (χ3v) is 1.89. The molecule has 2 atom stereocenters. The molecule has 0 aliphatic carbocycles. The summed E-state index contributed by atoms with van der Waals surface area (Å²) >= 11 is 0. The minimum absolute atomic E-state index is 0.000185. The van der Waals surface area contributed by atoms with Gasteiger partial charge in [-0.1, -0.05) is 6.07 Å². The molecule has 2 unspecified atom stereocenters. The third kappa shape index (κ3) is 2.36. The zero-order valence-corrected chi connectivity index (χ0v) is 7.53. The van der Waals surface area contributed by atoms with Crippen LogP contribution in [0.5, 0.6) is 11.5 Å². The fourth-order valence-corrected chi connectivity index (χ4v) is 1.04. The van der Waals surface area contributed by atoms with Crippen LogP contribution in [-0.4, -0.2) is 37.6 Å². The number of aliphatic hydroxyl groups excluding tert-OH is 2. The fraction of sp³-hybridized carbons (Fsp3) is 0.222. The van der Waals surface area contributed by atoms with Crippen molar-refractivity contribution < 1.29 is 30.3 Å². The van der Waals surface area contributed by atoms with Gasteiger partial charge in [0, 0.05) is 0 Å². The normalized spacial score (nSPS) is 14.5. The molecule has 0 aliphatic heterocycles. The molecule has 0 aromatic heterocycles. The molecule has 15 heavy (non-hydrogen) atoms. The van der Waals surface area contributed by atoms with Crippen LogP contribution in [0.3, 0.4) is 0 Å². The lowest BCUT2D eigenvalue weighted by molar-refractivity contribution is -0.153. The van der Waals surface area contributed by atoms with Crippen molar-refractivity contribution in [1.82, 2.24) is 0 Å². The zero-order valence-electron chi connectivity index (χ0n) is 7.53. The number of benzene rings is 1. The van der Waals surface area contributed by atoms with E-state index in [1.54, 1.807) is 0 Å². The van der Waals surface area contributed by atoms with Gasteiger partial charge in [0.15, 0.2) is 17.6 Å². The Bertz CT molecular complexity index is 375. The van der Waals surface area contributed by atoms with Crippen LogP contribution < -0.4 is 0 Å². The second-order valence-corrected chi connectivity index (χ2v) is 2.98. The molecule has 0 spiro atoms. The number of aliphatic carboxylic acids is 1. The number of phenols is 2. The van der Waals surface area contributed by atoms with E-state index in [2.05, 4.69) is 0 Å². The number of aliphatic hydroxyl groups is 2. The number of hydrogen-bond acceptors (Lipinski definition) is 5. The average molecular weight is 214 g/mol. The Labute approximate surface area is 84.7 Å². The first kappa shape index (κ1) is 11.3. The molecule has 0 heterocycles. The van der Waals surface area contributed by atoms with Crippen molar-refractivity contribution in [2.45, 2.75) is 12.2 Å². The van der Waals surface area contributed by atoms with Gasteiger partial charge in [0.2, 0.25) is 0 Å². The minimum atomic E-state index is -1.98. The number of carboxylic acid groups (broad SMARTS) is 1. The van der Waals surface area contributed by atoms with Crippen molar-refractivity contribution in [3.63, 3.8) is 0 Å². The van der Waals surface area contributed by atoms with E-state index in [4.69, 9.17) is 20.4 Å². The number of carbonyl (C=O) groups is 1. The molecule has 1 aromatic rings. The van der Waals surface area contributed by atoms with Gasteiger partial charge in [-0.3, -0.25) is 0 Å². The highest BCUT2D eigenvalue weighted by molar-refractivity contribution is 5.73. The van der Waals surface area contributed by atoms with Crippen molar-refractivity contribution >= 4 is 5.97 Å². The SMILES string of the molecule is O=C(O)C(O)C(O)c1ccc(O)c(O)c1. The van der Waals surface area contributed by atoms with E-state index >= 15 is 0 Å². The predicted molar refractivity (Wildman–Crippen MR) is 48.4 cm³/mol. The molecular weight excluding hydrogens is 204 g/mol. The molecule has 0 bridgehead atoms. The Morgan fingerprint density at radius 2 is 1.73 bits per heavy atom. The van der Waals surface area contributed by atoms with Gasteiger partial charge in [0.1, 0.15) is 6.10 Å². The topological polar surface area (TPSA) is 118 Å². The predicted octanol–water partition coefficient (Wildman–Crippen LogP) is -0.423. The summed E-state index contributed by atoms with van der Waals surface area (Å²) in [6.07, 6.45) is -3.64. The first-order valence-electron chi connectivity index (χ1n) is 4.04. The van der Waals surface area contributed by atoms with Gasteiger partial charge in [-0.15, -0.1) is 0 Å². The summed E-state index contributed by atoms with van der Waals surface area (Å²) in [4.78, 5) is 10.3. The highest BCUT2D eigenvalue weighted by Gasteiger charge is 2.25. The summed E-state index contributed by atoms with van der Waals surface area (Å²) < 4.78 is 0. The standard InChI is InChI=1S/C9H10O6/c10-5-2-1-4(3-6(5)11)7(12)8(13)9(14)15/h1-3,7-8,10-13H,(H,14,15). The van der Waals surface area contributed by atoms with Crippen LogP contribution in [-0.2, 0) is 4.79 Å². The van der Waals surface area contributed by atoms with Crippen LogP contribution in [0.2, 0.25) is 0 Å². The molecule has 82 valence electrons. The quantitative estimate of drug-likeness (QED) is 0.436. The van der Waals surface area contributed by atoms with Gasteiger partial charge < -0.3 is 25.5 Å². The second kappa shape index (κ2) is 4.16. The van der Waals surface area contributed by atoms with Gasteiger partial charge in [-0.25, -0.2) is 4.79 Å². The lowest BCUT2D eigenvalue weighted by Crippen LogP contribution is -2.27. The summed E-state index contributed by atoms with van der Waals surface area (Å²) in [6, 6.07) is 3.26. The molecule has 6 heteroatoms. The van der Waals surface area contributed by atoms with Gasteiger partial charge in [-0.05, 0) is 17.7 Å². The highest BCUT2D eigenvalue weighted by Crippen LogP contribution is 2.28. The van der Waals surface area contributed by atoms with Gasteiger partial charge >= 0.3 is 5.97 Å². The summed E-state index contributed by atoms with van der Waals surface area (Å²) in [5, 5.41) is 44.8. The van der Waals surface area contributed by atoms with E-state index < -0.39 is 29.7 Å². The van der Waals surface area contributed by atoms with E-state index in [-0.39, 0.29) is 5.56 Å². The maximum absolute atomic E-state index is 10.3. The zero-order chi connectivity index (χ0) is 11.6. The van der Waals surface area contributed by atoms with E-state index in [9.17, 15) is 9.90 Å². The summed E-state index contributed by atoms with van der Waals surface area (Å²) in [5.41, 5.74) is 0.000185. The molecule has 0 aliphatic rings. The number of aromatic hydroxyl groups is 2.